The molecule has 3 nitrogen and oxygen atoms in total. The van der Waals surface area contributed by atoms with Crippen LogP contribution in [0.3, 0.4) is 0 Å². The molecule has 0 aliphatic rings. The van der Waals surface area contributed by atoms with Gasteiger partial charge in [0, 0.05) is 28.5 Å². The zero-order chi connectivity index (χ0) is 10.8. The molecule has 2 rings (SSSR count). The molecule has 0 fully saturated rings. The first-order chi connectivity index (χ1) is 7.22. The highest BCUT2D eigenvalue weighted by Gasteiger charge is 2.09. The van der Waals surface area contributed by atoms with Crippen LogP contribution in [0.15, 0.2) is 17.6 Å². The summed E-state index contributed by atoms with van der Waals surface area (Å²) in [6.07, 6.45) is 2.70. The lowest BCUT2D eigenvalue weighted by Gasteiger charge is -2.06. The van der Waals surface area contributed by atoms with Gasteiger partial charge in [0.1, 0.15) is 5.01 Å². The maximum absolute atomic E-state index is 10.8. The molecule has 0 N–H and O–H groups in total. The quantitative estimate of drug-likeness (QED) is 0.744. The smallest absolute Gasteiger partial charge is 0.151 e. The summed E-state index contributed by atoms with van der Waals surface area (Å²) in [4.78, 5) is 15.0. The lowest BCUT2D eigenvalue weighted by atomic mass is 10.3. The topological polar surface area (TPSA) is 34.9 Å². The second-order valence-corrected chi connectivity index (χ2v) is 4.44. The van der Waals surface area contributed by atoms with Gasteiger partial charge in [0.05, 0.1) is 6.54 Å². The van der Waals surface area contributed by atoms with Crippen LogP contribution in [0.5, 0.6) is 0 Å². The summed E-state index contributed by atoms with van der Waals surface area (Å²) in [5.41, 5.74) is 2.88. The van der Waals surface area contributed by atoms with Crippen LogP contribution in [0.25, 0.3) is 0 Å². The summed E-state index contributed by atoms with van der Waals surface area (Å²) in [6, 6.07) is 1.91. The fourth-order valence-corrected chi connectivity index (χ4v) is 2.26. The van der Waals surface area contributed by atoms with Crippen LogP contribution in [0.4, 0.5) is 0 Å². The van der Waals surface area contributed by atoms with Crippen LogP contribution in [-0.4, -0.2) is 15.8 Å². The monoisotopic (exact) mass is 220 g/mol. The molecular formula is C11H12N2OS. The lowest BCUT2D eigenvalue weighted by Crippen LogP contribution is -2.03. The van der Waals surface area contributed by atoms with Crippen molar-refractivity contribution in [2.75, 3.05) is 0 Å². The number of aldehydes is 1. The number of carbonyl (C=O) groups is 1. The third-order valence-corrected chi connectivity index (χ3v) is 3.28. The van der Waals surface area contributed by atoms with Crippen molar-refractivity contribution in [1.29, 1.82) is 0 Å². The van der Waals surface area contributed by atoms with E-state index in [0.29, 0.717) is 0 Å². The summed E-state index contributed by atoms with van der Waals surface area (Å²) < 4.78 is 2.11. The minimum atomic E-state index is 0.753. The van der Waals surface area contributed by atoms with E-state index in [1.54, 1.807) is 17.5 Å². The van der Waals surface area contributed by atoms with E-state index in [9.17, 15) is 4.79 Å². The third-order valence-electron chi connectivity index (χ3n) is 2.52. The Bertz CT molecular complexity index is 471. The molecule has 0 atom stereocenters. The van der Waals surface area contributed by atoms with Crippen molar-refractivity contribution in [3.05, 3.63) is 39.6 Å². The standard InChI is InChI=1S/C11H12N2OS/c1-8-5-10(7-14)9(2)13(8)6-11-12-3-4-15-11/h3-5,7H,6H2,1-2H3. The number of rotatable bonds is 3. The molecule has 0 spiro atoms. The first-order valence-corrected chi connectivity index (χ1v) is 5.60. The Balaban J connectivity index is 2.36. The van der Waals surface area contributed by atoms with Crippen LogP contribution >= 0.6 is 11.3 Å². The summed E-state index contributed by atoms with van der Waals surface area (Å²) in [5, 5.41) is 3.03. The third kappa shape index (κ3) is 1.85. The summed E-state index contributed by atoms with van der Waals surface area (Å²) in [6.45, 7) is 4.72. The van der Waals surface area contributed by atoms with Crippen LogP contribution in [0, 0.1) is 13.8 Å². The number of hydrogen-bond acceptors (Lipinski definition) is 3. The van der Waals surface area contributed by atoms with Crippen LogP contribution in [0.2, 0.25) is 0 Å². The highest BCUT2D eigenvalue weighted by molar-refractivity contribution is 7.09. The van der Waals surface area contributed by atoms with Gasteiger partial charge in [-0.3, -0.25) is 4.79 Å². The normalized spacial score (nSPS) is 10.5. The molecule has 0 aromatic carbocycles. The van der Waals surface area contributed by atoms with E-state index in [1.165, 1.54) is 0 Å². The molecule has 0 aliphatic carbocycles. The SMILES string of the molecule is Cc1cc(C=O)c(C)n1Cc1nccs1. The Hall–Kier alpha value is -1.42. The minimum Gasteiger partial charge on any atom is -0.342 e. The fraction of sp³-hybridized carbons (Fsp3) is 0.273. The van der Waals surface area contributed by atoms with Crippen molar-refractivity contribution in [3.8, 4) is 0 Å². The van der Waals surface area contributed by atoms with Crippen LogP contribution in [0.1, 0.15) is 26.8 Å². The number of aromatic nitrogens is 2. The average Bonchev–Trinajstić information content (AvgIpc) is 2.81. The molecule has 0 aliphatic heterocycles. The van der Waals surface area contributed by atoms with Gasteiger partial charge in [-0.15, -0.1) is 11.3 Å². The molecule has 2 aromatic rings. The van der Waals surface area contributed by atoms with Crippen molar-refractivity contribution >= 4 is 17.6 Å². The zero-order valence-corrected chi connectivity index (χ0v) is 9.54. The van der Waals surface area contributed by atoms with E-state index in [1.807, 2.05) is 25.3 Å². The van der Waals surface area contributed by atoms with Gasteiger partial charge in [0.2, 0.25) is 0 Å². The minimum absolute atomic E-state index is 0.753. The fourth-order valence-electron chi connectivity index (χ4n) is 1.66. The molecule has 0 amide bonds. The first kappa shape index (κ1) is 10.1. The van der Waals surface area contributed by atoms with E-state index in [-0.39, 0.29) is 0 Å². The second-order valence-electron chi connectivity index (χ2n) is 3.46. The number of aryl methyl sites for hydroxylation is 1. The molecule has 4 heteroatoms. The van der Waals surface area contributed by atoms with Crippen molar-refractivity contribution < 1.29 is 4.79 Å². The summed E-state index contributed by atoms with van der Waals surface area (Å²) in [7, 11) is 0. The molecule has 0 radical (unpaired) electrons. The van der Waals surface area contributed by atoms with Gasteiger partial charge in [-0.2, -0.15) is 0 Å². The number of carbonyl (C=O) groups excluding carboxylic acids is 1. The van der Waals surface area contributed by atoms with Gasteiger partial charge in [-0.05, 0) is 19.9 Å². The van der Waals surface area contributed by atoms with Crippen molar-refractivity contribution in [2.24, 2.45) is 0 Å². The molecule has 0 saturated heterocycles. The molecule has 78 valence electrons. The highest BCUT2D eigenvalue weighted by Crippen LogP contribution is 2.16. The summed E-state index contributed by atoms with van der Waals surface area (Å²) in [5.74, 6) is 0. The Morgan fingerprint density at radius 2 is 2.33 bits per heavy atom. The second kappa shape index (κ2) is 3.98. The zero-order valence-electron chi connectivity index (χ0n) is 8.73. The Labute approximate surface area is 92.4 Å². The van der Waals surface area contributed by atoms with Gasteiger partial charge >= 0.3 is 0 Å². The van der Waals surface area contributed by atoms with Gasteiger partial charge in [0.25, 0.3) is 0 Å². The molecule has 0 saturated carbocycles. The molecule has 2 heterocycles. The van der Waals surface area contributed by atoms with Gasteiger partial charge in [0.15, 0.2) is 6.29 Å². The van der Waals surface area contributed by atoms with Gasteiger partial charge in [-0.25, -0.2) is 4.98 Å². The molecule has 0 bridgehead atoms. The Morgan fingerprint density at radius 3 is 2.87 bits per heavy atom. The van der Waals surface area contributed by atoms with Gasteiger partial charge in [-0.1, -0.05) is 0 Å². The van der Waals surface area contributed by atoms with Crippen LogP contribution in [-0.2, 0) is 6.54 Å². The molecular weight excluding hydrogens is 208 g/mol. The lowest BCUT2D eigenvalue weighted by molar-refractivity contribution is 0.112. The van der Waals surface area contributed by atoms with Gasteiger partial charge < -0.3 is 4.57 Å². The molecule has 15 heavy (non-hydrogen) atoms. The van der Waals surface area contributed by atoms with Crippen LogP contribution < -0.4 is 0 Å². The van der Waals surface area contributed by atoms with E-state index in [0.717, 1.165) is 34.8 Å². The largest absolute Gasteiger partial charge is 0.342 e. The number of thiazole rings is 1. The van der Waals surface area contributed by atoms with E-state index in [4.69, 9.17) is 0 Å². The van der Waals surface area contributed by atoms with Crippen molar-refractivity contribution in [2.45, 2.75) is 20.4 Å². The van der Waals surface area contributed by atoms with Crippen molar-refractivity contribution in [3.63, 3.8) is 0 Å². The predicted octanol–water partition coefficient (Wildman–Crippen LogP) is 2.42. The highest BCUT2D eigenvalue weighted by atomic mass is 32.1. The Kier molecular flexibility index (Phi) is 2.68. The number of nitrogens with zero attached hydrogens (tertiary/aromatic N) is 2. The Morgan fingerprint density at radius 1 is 1.53 bits per heavy atom. The van der Waals surface area contributed by atoms with Crippen molar-refractivity contribution in [1.82, 2.24) is 9.55 Å². The predicted molar refractivity (Wildman–Crippen MR) is 60.5 cm³/mol. The summed E-state index contributed by atoms with van der Waals surface area (Å²) >= 11 is 1.63. The maximum Gasteiger partial charge on any atom is 0.151 e. The van der Waals surface area contributed by atoms with E-state index < -0.39 is 0 Å². The molecule has 0 unspecified atom stereocenters. The maximum atomic E-state index is 10.8. The first-order valence-electron chi connectivity index (χ1n) is 4.72. The molecule has 2 aromatic heterocycles. The average molecular weight is 220 g/mol. The van der Waals surface area contributed by atoms with E-state index in [2.05, 4.69) is 9.55 Å². The number of hydrogen-bond donors (Lipinski definition) is 0. The van der Waals surface area contributed by atoms with E-state index >= 15 is 0 Å².